The average molecular weight is 670 g/mol. The third-order valence-corrected chi connectivity index (χ3v) is 7.13. The highest BCUT2D eigenvalue weighted by Crippen LogP contribution is 2.61. The summed E-state index contributed by atoms with van der Waals surface area (Å²) in [6.07, 6.45) is 1.60. The normalized spacial score (nSPS) is 12.2. The van der Waals surface area contributed by atoms with Gasteiger partial charge in [-0.3, -0.25) is 14.4 Å². The van der Waals surface area contributed by atoms with Crippen molar-refractivity contribution < 1.29 is 26.9 Å². The topological polar surface area (TPSA) is 58.5 Å². The monoisotopic (exact) mass is 668 g/mol. The van der Waals surface area contributed by atoms with Gasteiger partial charge in [0.2, 0.25) is 0 Å². The molecule has 0 spiro atoms. The SMILES string of the molecule is Fc1ccc(C2=NCCc3sccc32)c(F)c1.O=C(NCCc1cccs1)c1ccc(F)cc1F.O=P(Cl)(Cl)Cl. The van der Waals surface area contributed by atoms with Crippen molar-refractivity contribution in [2.75, 3.05) is 13.1 Å². The van der Waals surface area contributed by atoms with E-state index in [1.807, 2.05) is 29.0 Å². The van der Waals surface area contributed by atoms with E-state index in [0.717, 1.165) is 35.1 Å². The molecule has 1 aliphatic rings. The molecule has 212 valence electrons. The molecule has 4 nitrogen and oxygen atoms in total. The number of carbonyl (C=O) groups excluding carboxylic acids is 1. The molecule has 0 aliphatic carbocycles. The molecule has 4 aromatic rings. The summed E-state index contributed by atoms with van der Waals surface area (Å²) >= 11 is 17.1. The Bertz CT molecular complexity index is 1520. The molecule has 1 aliphatic heterocycles. The molecule has 1 amide bonds. The first-order valence-electron chi connectivity index (χ1n) is 11.4. The Kier molecular flexibility index (Phi) is 12.2. The van der Waals surface area contributed by atoms with Gasteiger partial charge in [-0.2, -0.15) is 0 Å². The number of benzene rings is 2. The Hall–Kier alpha value is -2.20. The summed E-state index contributed by atoms with van der Waals surface area (Å²) in [5, 5.41) is 3.31. The molecule has 1 N–H and O–H groups in total. The van der Waals surface area contributed by atoms with E-state index >= 15 is 0 Å². The minimum Gasteiger partial charge on any atom is -0.352 e. The lowest BCUT2D eigenvalue weighted by atomic mass is 9.99. The second-order valence-corrected chi connectivity index (χ2v) is 16.6. The lowest BCUT2D eigenvalue weighted by Gasteiger charge is -2.13. The molecular formula is C26H20Cl3F4N2O2PS2. The van der Waals surface area contributed by atoms with Crippen LogP contribution in [0.2, 0.25) is 0 Å². The van der Waals surface area contributed by atoms with Gasteiger partial charge in [-0.25, -0.2) is 17.6 Å². The Labute approximate surface area is 250 Å². The van der Waals surface area contributed by atoms with Crippen molar-refractivity contribution in [3.63, 3.8) is 0 Å². The predicted octanol–water partition coefficient (Wildman–Crippen LogP) is 9.23. The molecule has 40 heavy (non-hydrogen) atoms. The van der Waals surface area contributed by atoms with Gasteiger partial charge in [-0.05, 0) is 87.3 Å². The molecular weight excluding hydrogens is 650 g/mol. The van der Waals surface area contributed by atoms with Crippen LogP contribution in [0, 0.1) is 23.3 Å². The predicted molar refractivity (Wildman–Crippen MR) is 157 cm³/mol. The van der Waals surface area contributed by atoms with Crippen LogP contribution in [0.3, 0.4) is 0 Å². The van der Waals surface area contributed by atoms with Crippen molar-refractivity contribution in [1.29, 1.82) is 0 Å². The first kappa shape index (κ1) is 32.3. The van der Waals surface area contributed by atoms with Gasteiger partial charge in [0.05, 0.1) is 11.3 Å². The van der Waals surface area contributed by atoms with Crippen molar-refractivity contribution in [2.24, 2.45) is 4.99 Å². The number of hydrogen-bond donors (Lipinski definition) is 1. The Morgan fingerprint density at radius 1 is 0.900 bits per heavy atom. The van der Waals surface area contributed by atoms with Crippen LogP contribution >= 0.6 is 61.6 Å². The Morgan fingerprint density at radius 2 is 1.57 bits per heavy atom. The Balaban J connectivity index is 0.000000189. The van der Waals surface area contributed by atoms with Gasteiger partial charge in [-0.15, -0.1) is 22.7 Å². The van der Waals surface area contributed by atoms with Gasteiger partial charge in [0, 0.05) is 52.5 Å². The molecule has 2 aromatic heterocycles. The van der Waals surface area contributed by atoms with E-state index < -0.39 is 34.4 Å². The quantitative estimate of drug-likeness (QED) is 0.170. The van der Waals surface area contributed by atoms with Crippen molar-refractivity contribution in [3.8, 4) is 0 Å². The summed E-state index contributed by atoms with van der Waals surface area (Å²) in [5.41, 5.74) is 1.87. The van der Waals surface area contributed by atoms with Crippen LogP contribution in [-0.2, 0) is 17.4 Å². The summed E-state index contributed by atoms with van der Waals surface area (Å²) in [5.74, 6) is -3.17. The average Bonchev–Trinajstić information content (AvgIpc) is 3.56. The molecule has 0 unspecified atom stereocenters. The number of rotatable bonds is 5. The summed E-state index contributed by atoms with van der Waals surface area (Å²) in [7, 11) is 0. The van der Waals surface area contributed by atoms with E-state index in [9.17, 15) is 26.9 Å². The van der Waals surface area contributed by atoms with E-state index in [1.54, 1.807) is 22.7 Å². The van der Waals surface area contributed by atoms with Crippen molar-refractivity contribution >= 4 is 73.2 Å². The number of nitrogens with zero attached hydrogens (tertiary/aromatic N) is 1. The van der Waals surface area contributed by atoms with Gasteiger partial charge < -0.3 is 5.32 Å². The number of halogens is 7. The maximum absolute atomic E-state index is 13.7. The highest BCUT2D eigenvalue weighted by Gasteiger charge is 2.19. The third-order valence-electron chi connectivity index (χ3n) is 5.21. The summed E-state index contributed by atoms with van der Waals surface area (Å²) in [4.78, 5) is 18.4. The fraction of sp³-hybridized carbons (Fsp3) is 0.154. The molecule has 2 aromatic carbocycles. The van der Waals surface area contributed by atoms with Gasteiger partial charge in [0.1, 0.15) is 23.3 Å². The lowest BCUT2D eigenvalue weighted by Crippen LogP contribution is -2.26. The number of amides is 1. The van der Waals surface area contributed by atoms with Crippen LogP contribution in [0.1, 0.15) is 31.2 Å². The summed E-state index contributed by atoms with van der Waals surface area (Å²) in [6, 6.07) is 12.4. The zero-order valence-electron chi connectivity index (χ0n) is 20.4. The first-order valence-corrected chi connectivity index (χ1v) is 17.6. The van der Waals surface area contributed by atoms with E-state index in [2.05, 4.69) is 44.0 Å². The summed E-state index contributed by atoms with van der Waals surface area (Å²) < 4.78 is 62.1. The maximum atomic E-state index is 13.7. The van der Waals surface area contributed by atoms with Crippen molar-refractivity contribution in [3.05, 3.63) is 115 Å². The first-order chi connectivity index (χ1) is 18.9. The van der Waals surface area contributed by atoms with Crippen LogP contribution < -0.4 is 5.32 Å². The van der Waals surface area contributed by atoms with Crippen LogP contribution in [-0.4, -0.2) is 24.7 Å². The molecule has 14 heteroatoms. The number of nitrogens with one attached hydrogen (secondary N) is 1. The summed E-state index contributed by atoms with van der Waals surface area (Å²) in [6.45, 7) is 1.09. The standard InChI is InChI=1S/C13H11F2NOS.C13H9F2NS.Cl3OP/c14-9-3-4-11(12(15)8-9)13(17)16-6-5-10-2-1-7-18-10;14-8-1-2-9(11(15)7-8)13-10-4-6-17-12(10)3-5-16-13;1-5(2,3)4/h1-4,7-8H,5-6H2,(H,16,17);1-2,4,6-7H,3,5H2;. The van der Waals surface area contributed by atoms with Gasteiger partial charge in [-0.1, -0.05) is 6.07 Å². The number of carbonyl (C=O) groups is 1. The molecule has 0 saturated heterocycles. The molecule has 0 bridgehead atoms. The van der Waals surface area contributed by atoms with E-state index in [1.165, 1.54) is 17.0 Å². The molecule has 5 rings (SSSR count). The van der Waals surface area contributed by atoms with Crippen LogP contribution in [0.15, 0.2) is 70.3 Å². The Morgan fingerprint density at radius 3 is 2.20 bits per heavy atom. The fourth-order valence-corrected chi connectivity index (χ4v) is 5.11. The number of hydrogen-bond acceptors (Lipinski definition) is 5. The molecule has 0 saturated carbocycles. The third kappa shape index (κ3) is 10.3. The highest BCUT2D eigenvalue weighted by molar-refractivity contribution is 8.24. The maximum Gasteiger partial charge on any atom is 0.339 e. The van der Waals surface area contributed by atoms with Crippen LogP contribution in [0.25, 0.3) is 0 Å². The largest absolute Gasteiger partial charge is 0.352 e. The zero-order chi connectivity index (χ0) is 29.3. The van der Waals surface area contributed by atoms with E-state index in [4.69, 9.17) is 0 Å². The molecule has 0 radical (unpaired) electrons. The van der Waals surface area contributed by atoms with Gasteiger partial charge in [0.15, 0.2) is 0 Å². The second-order valence-electron chi connectivity index (χ2n) is 7.97. The van der Waals surface area contributed by atoms with Gasteiger partial charge in [0.25, 0.3) is 5.91 Å². The zero-order valence-corrected chi connectivity index (χ0v) is 25.1. The van der Waals surface area contributed by atoms with Crippen LogP contribution in [0.4, 0.5) is 17.6 Å². The number of fused-ring (bicyclic) bond motifs is 1. The van der Waals surface area contributed by atoms with Gasteiger partial charge >= 0.3 is 5.20 Å². The lowest BCUT2D eigenvalue weighted by molar-refractivity contribution is 0.0950. The highest BCUT2D eigenvalue weighted by atomic mass is 36.0. The van der Waals surface area contributed by atoms with E-state index in [0.29, 0.717) is 36.9 Å². The minimum absolute atomic E-state index is 0.137. The molecule has 3 heterocycles. The minimum atomic E-state index is -3.22. The second kappa shape index (κ2) is 15.1. The van der Waals surface area contributed by atoms with Crippen molar-refractivity contribution in [2.45, 2.75) is 12.8 Å². The number of thiophene rings is 2. The molecule has 0 fully saturated rings. The fourth-order valence-electron chi connectivity index (χ4n) is 3.53. The number of aliphatic imine (C=N–C) groups is 1. The smallest absolute Gasteiger partial charge is 0.339 e. The molecule has 0 atom stereocenters. The van der Waals surface area contributed by atoms with Crippen LogP contribution in [0.5, 0.6) is 0 Å². The van der Waals surface area contributed by atoms with Crippen molar-refractivity contribution in [1.82, 2.24) is 5.32 Å². The van der Waals surface area contributed by atoms with E-state index in [-0.39, 0.29) is 5.56 Å².